The van der Waals surface area contributed by atoms with Gasteiger partial charge in [-0.05, 0) is 60.5 Å². The molecule has 0 radical (unpaired) electrons. The maximum absolute atomic E-state index is 6.19. The SMILES string of the molecule is COc1ccccc1CCNCc1cc(Cl)ccc1OCc1ccc(Cl)cc1. The molecule has 28 heavy (non-hydrogen) atoms. The van der Waals surface area contributed by atoms with Crippen molar-refractivity contribution in [2.45, 2.75) is 19.6 Å². The molecule has 0 atom stereocenters. The van der Waals surface area contributed by atoms with Crippen LogP contribution in [-0.4, -0.2) is 13.7 Å². The van der Waals surface area contributed by atoms with E-state index in [2.05, 4.69) is 11.4 Å². The van der Waals surface area contributed by atoms with Gasteiger partial charge in [-0.15, -0.1) is 0 Å². The van der Waals surface area contributed by atoms with Gasteiger partial charge in [-0.3, -0.25) is 0 Å². The minimum atomic E-state index is 0.479. The second kappa shape index (κ2) is 10.4. The van der Waals surface area contributed by atoms with Gasteiger partial charge in [-0.25, -0.2) is 0 Å². The van der Waals surface area contributed by atoms with E-state index in [-0.39, 0.29) is 0 Å². The Morgan fingerprint density at radius 1 is 0.821 bits per heavy atom. The Balaban J connectivity index is 1.57. The third-order valence-electron chi connectivity index (χ3n) is 4.41. The van der Waals surface area contributed by atoms with Crippen molar-refractivity contribution in [3.63, 3.8) is 0 Å². The molecule has 3 nitrogen and oxygen atoms in total. The zero-order valence-electron chi connectivity index (χ0n) is 15.8. The summed E-state index contributed by atoms with van der Waals surface area (Å²) in [4.78, 5) is 0. The van der Waals surface area contributed by atoms with Crippen LogP contribution < -0.4 is 14.8 Å². The van der Waals surface area contributed by atoms with E-state index in [1.165, 1.54) is 5.56 Å². The van der Waals surface area contributed by atoms with Gasteiger partial charge < -0.3 is 14.8 Å². The number of ether oxygens (including phenoxy) is 2. The summed E-state index contributed by atoms with van der Waals surface area (Å²) in [7, 11) is 1.70. The van der Waals surface area contributed by atoms with Crippen molar-refractivity contribution in [1.82, 2.24) is 5.32 Å². The van der Waals surface area contributed by atoms with E-state index in [0.29, 0.717) is 18.2 Å². The lowest BCUT2D eigenvalue weighted by Crippen LogP contribution is -2.17. The number of rotatable bonds is 9. The van der Waals surface area contributed by atoms with Crippen LogP contribution in [0.2, 0.25) is 10.0 Å². The molecule has 0 heterocycles. The summed E-state index contributed by atoms with van der Waals surface area (Å²) in [6, 6.07) is 21.4. The first-order valence-corrected chi connectivity index (χ1v) is 9.89. The van der Waals surface area contributed by atoms with Crippen molar-refractivity contribution < 1.29 is 9.47 Å². The third-order valence-corrected chi connectivity index (χ3v) is 4.90. The maximum Gasteiger partial charge on any atom is 0.124 e. The first-order valence-electron chi connectivity index (χ1n) is 9.14. The molecule has 0 spiro atoms. The molecule has 0 aromatic heterocycles. The molecule has 0 aliphatic heterocycles. The zero-order chi connectivity index (χ0) is 19.8. The van der Waals surface area contributed by atoms with Gasteiger partial charge in [0, 0.05) is 22.2 Å². The molecule has 0 saturated carbocycles. The fourth-order valence-corrected chi connectivity index (χ4v) is 3.24. The number of halogens is 2. The molecule has 3 aromatic rings. The predicted octanol–water partition coefficient (Wildman–Crippen LogP) is 5.91. The van der Waals surface area contributed by atoms with Crippen molar-refractivity contribution in [2.75, 3.05) is 13.7 Å². The van der Waals surface area contributed by atoms with Crippen molar-refractivity contribution >= 4 is 23.2 Å². The molecule has 0 amide bonds. The highest BCUT2D eigenvalue weighted by Gasteiger charge is 2.07. The largest absolute Gasteiger partial charge is 0.496 e. The second-order valence-corrected chi connectivity index (χ2v) is 7.28. The van der Waals surface area contributed by atoms with Crippen LogP contribution in [-0.2, 0) is 19.6 Å². The van der Waals surface area contributed by atoms with Gasteiger partial charge >= 0.3 is 0 Å². The first kappa shape index (κ1) is 20.5. The zero-order valence-corrected chi connectivity index (χ0v) is 17.3. The van der Waals surface area contributed by atoms with E-state index in [4.69, 9.17) is 32.7 Å². The van der Waals surface area contributed by atoms with Crippen LogP contribution in [0.25, 0.3) is 0 Å². The van der Waals surface area contributed by atoms with Crippen LogP contribution in [0.5, 0.6) is 11.5 Å². The number of para-hydroxylation sites is 1. The average Bonchev–Trinajstić information content (AvgIpc) is 2.72. The van der Waals surface area contributed by atoms with E-state index in [0.717, 1.165) is 40.6 Å². The highest BCUT2D eigenvalue weighted by molar-refractivity contribution is 6.30. The summed E-state index contributed by atoms with van der Waals surface area (Å²) in [6.07, 6.45) is 0.881. The number of hydrogen-bond acceptors (Lipinski definition) is 3. The van der Waals surface area contributed by atoms with Crippen molar-refractivity contribution in [2.24, 2.45) is 0 Å². The van der Waals surface area contributed by atoms with Gasteiger partial charge in [0.25, 0.3) is 0 Å². The fraction of sp³-hybridized carbons (Fsp3) is 0.217. The minimum Gasteiger partial charge on any atom is -0.496 e. The Bertz CT molecular complexity index is 897. The highest BCUT2D eigenvalue weighted by atomic mass is 35.5. The molecule has 3 rings (SSSR count). The highest BCUT2D eigenvalue weighted by Crippen LogP contribution is 2.24. The van der Waals surface area contributed by atoms with Crippen LogP contribution in [0.4, 0.5) is 0 Å². The number of methoxy groups -OCH3 is 1. The van der Waals surface area contributed by atoms with Crippen LogP contribution in [0, 0.1) is 0 Å². The fourth-order valence-electron chi connectivity index (χ4n) is 2.92. The molecule has 1 N–H and O–H groups in total. The summed E-state index contributed by atoms with van der Waals surface area (Å²) in [5, 5.41) is 4.88. The van der Waals surface area contributed by atoms with Gasteiger partial charge in [-0.1, -0.05) is 53.5 Å². The van der Waals surface area contributed by atoms with Crippen molar-refractivity contribution in [1.29, 1.82) is 0 Å². The standard InChI is InChI=1S/C23H23Cl2NO2/c1-27-22-5-3-2-4-18(22)12-13-26-15-19-14-21(25)10-11-23(19)28-16-17-6-8-20(24)9-7-17/h2-11,14,26H,12-13,15-16H2,1H3. The van der Waals surface area contributed by atoms with Gasteiger partial charge in [-0.2, -0.15) is 0 Å². The Morgan fingerprint density at radius 2 is 1.57 bits per heavy atom. The van der Waals surface area contributed by atoms with E-state index in [9.17, 15) is 0 Å². The molecule has 0 bridgehead atoms. The first-order chi connectivity index (χ1) is 13.7. The Morgan fingerprint density at radius 3 is 2.36 bits per heavy atom. The normalized spacial score (nSPS) is 10.7. The lowest BCUT2D eigenvalue weighted by molar-refractivity contribution is 0.302. The smallest absolute Gasteiger partial charge is 0.124 e. The monoisotopic (exact) mass is 415 g/mol. The molecular weight excluding hydrogens is 393 g/mol. The second-order valence-electron chi connectivity index (χ2n) is 6.41. The van der Waals surface area contributed by atoms with Crippen LogP contribution >= 0.6 is 23.2 Å². The molecule has 0 fully saturated rings. The van der Waals surface area contributed by atoms with Gasteiger partial charge in [0.1, 0.15) is 18.1 Å². The number of hydrogen-bond donors (Lipinski definition) is 1. The molecule has 0 saturated heterocycles. The summed E-state index contributed by atoms with van der Waals surface area (Å²) in [5.74, 6) is 1.74. The van der Waals surface area contributed by atoms with E-state index >= 15 is 0 Å². The molecule has 0 aliphatic carbocycles. The Hall–Kier alpha value is -2.20. The molecule has 0 unspecified atom stereocenters. The molecular formula is C23H23Cl2NO2. The Labute approximate surface area is 176 Å². The average molecular weight is 416 g/mol. The van der Waals surface area contributed by atoms with Gasteiger partial charge in [0.15, 0.2) is 0 Å². The van der Waals surface area contributed by atoms with Crippen molar-refractivity contribution in [3.05, 3.63) is 93.5 Å². The van der Waals surface area contributed by atoms with E-state index < -0.39 is 0 Å². The van der Waals surface area contributed by atoms with Crippen LogP contribution in [0.15, 0.2) is 66.7 Å². The van der Waals surface area contributed by atoms with Crippen molar-refractivity contribution in [3.8, 4) is 11.5 Å². The third kappa shape index (κ3) is 5.90. The van der Waals surface area contributed by atoms with E-state index in [1.54, 1.807) is 7.11 Å². The van der Waals surface area contributed by atoms with Crippen LogP contribution in [0.1, 0.15) is 16.7 Å². The number of nitrogens with one attached hydrogen (secondary N) is 1. The van der Waals surface area contributed by atoms with Gasteiger partial charge in [0.2, 0.25) is 0 Å². The minimum absolute atomic E-state index is 0.479. The molecule has 0 aliphatic rings. The topological polar surface area (TPSA) is 30.5 Å². The lowest BCUT2D eigenvalue weighted by atomic mass is 10.1. The summed E-state index contributed by atoms with van der Waals surface area (Å²) in [6.45, 7) is 1.97. The summed E-state index contributed by atoms with van der Waals surface area (Å²) in [5.41, 5.74) is 3.28. The lowest BCUT2D eigenvalue weighted by Gasteiger charge is -2.14. The molecule has 3 aromatic carbocycles. The quantitative estimate of drug-likeness (QED) is 0.440. The van der Waals surface area contributed by atoms with E-state index in [1.807, 2.05) is 60.7 Å². The van der Waals surface area contributed by atoms with Crippen LogP contribution in [0.3, 0.4) is 0 Å². The summed E-state index contributed by atoms with van der Waals surface area (Å²) < 4.78 is 11.4. The van der Waals surface area contributed by atoms with Gasteiger partial charge in [0.05, 0.1) is 7.11 Å². The maximum atomic E-state index is 6.19. The Kier molecular flexibility index (Phi) is 7.61. The predicted molar refractivity (Wildman–Crippen MR) is 116 cm³/mol. The number of benzene rings is 3. The molecule has 5 heteroatoms. The summed E-state index contributed by atoms with van der Waals surface area (Å²) >= 11 is 12.1. The molecule has 146 valence electrons.